The molecule has 0 saturated carbocycles. The van der Waals surface area contributed by atoms with Crippen LogP contribution in [0.5, 0.6) is 6.01 Å². The minimum Gasteiger partial charge on any atom is -0.465 e. The topological polar surface area (TPSA) is 97.0 Å². The lowest BCUT2D eigenvalue weighted by molar-refractivity contribution is 0.0602. The van der Waals surface area contributed by atoms with E-state index in [1.54, 1.807) is 46.5 Å². The van der Waals surface area contributed by atoms with E-state index >= 15 is 0 Å². The number of esters is 1. The fourth-order valence-electron chi connectivity index (χ4n) is 6.92. The van der Waals surface area contributed by atoms with E-state index in [1.807, 2.05) is 103 Å². The van der Waals surface area contributed by atoms with Crippen LogP contribution in [0.2, 0.25) is 0 Å². The molecule has 260 valence electrons. The highest BCUT2D eigenvalue weighted by molar-refractivity contribution is 6.02. The number of hydrogen-bond acceptors (Lipinski definition) is 7. The standard InChI is InChI=1S/C44H36N6O3/c1-3-53-43-45-39-25-15-24-38(42(51)52-2)40(39)49(43)30-31-26-28-32(29-27-31)36-22-13-14-23-37(36)41-46-47-48-50(41)44(33-16-7-4-8-17-33,34-18-9-5-10-19-34)35-20-11-6-12-21-35/h4-29H,3,30H2,1-2H3/i26D,27D,28D,29D. The Morgan fingerprint density at radius 1 is 0.736 bits per heavy atom. The van der Waals surface area contributed by atoms with Gasteiger partial charge in [0.05, 0.1) is 42.3 Å². The Kier molecular flexibility index (Phi) is 7.82. The quantitative estimate of drug-likeness (QED) is 0.0987. The van der Waals surface area contributed by atoms with Gasteiger partial charge in [-0.2, -0.15) is 4.98 Å². The summed E-state index contributed by atoms with van der Waals surface area (Å²) in [6.07, 6.45) is 0. The predicted molar refractivity (Wildman–Crippen MR) is 205 cm³/mol. The molecule has 53 heavy (non-hydrogen) atoms. The van der Waals surface area contributed by atoms with Gasteiger partial charge in [0.2, 0.25) is 0 Å². The molecule has 0 unspecified atom stereocenters. The summed E-state index contributed by atoms with van der Waals surface area (Å²) in [5.74, 6) is -0.237. The molecule has 2 aromatic heterocycles. The van der Waals surface area contributed by atoms with Crippen molar-refractivity contribution in [1.29, 1.82) is 0 Å². The Morgan fingerprint density at radius 3 is 1.91 bits per heavy atom. The maximum atomic E-state index is 12.8. The van der Waals surface area contributed by atoms with E-state index in [0.29, 0.717) is 28.0 Å². The van der Waals surface area contributed by atoms with E-state index in [0.717, 1.165) is 16.7 Å². The summed E-state index contributed by atoms with van der Waals surface area (Å²) in [4.78, 5) is 17.4. The summed E-state index contributed by atoms with van der Waals surface area (Å²) in [6.45, 7) is 1.90. The van der Waals surface area contributed by atoms with Gasteiger partial charge in [-0.1, -0.05) is 145 Å². The number of fused-ring (bicyclic) bond motifs is 1. The van der Waals surface area contributed by atoms with Crippen molar-refractivity contribution in [2.24, 2.45) is 0 Å². The normalized spacial score (nSPS) is 12.5. The summed E-state index contributed by atoms with van der Waals surface area (Å²) >= 11 is 0. The average Bonchev–Trinajstić information content (AvgIpc) is 3.88. The van der Waals surface area contributed by atoms with Crippen LogP contribution in [-0.4, -0.2) is 49.4 Å². The number of tetrazole rings is 1. The van der Waals surface area contributed by atoms with Gasteiger partial charge >= 0.3 is 5.97 Å². The Hall–Kier alpha value is -6.87. The molecular weight excluding hydrogens is 661 g/mol. The van der Waals surface area contributed by atoms with Crippen LogP contribution in [0.4, 0.5) is 0 Å². The van der Waals surface area contributed by atoms with Crippen molar-refractivity contribution < 1.29 is 19.8 Å². The second-order valence-electron chi connectivity index (χ2n) is 12.2. The van der Waals surface area contributed by atoms with E-state index < -0.39 is 11.5 Å². The third kappa shape index (κ3) is 5.92. The van der Waals surface area contributed by atoms with Crippen molar-refractivity contribution in [1.82, 2.24) is 29.8 Å². The van der Waals surface area contributed by atoms with Crippen molar-refractivity contribution in [2.75, 3.05) is 13.7 Å². The number of carbonyl (C=O) groups is 1. The van der Waals surface area contributed by atoms with Crippen molar-refractivity contribution in [3.05, 3.63) is 185 Å². The highest BCUT2D eigenvalue weighted by Gasteiger charge is 2.42. The van der Waals surface area contributed by atoms with Crippen LogP contribution in [-0.2, 0) is 16.8 Å². The molecule has 0 radical (unpaired) electrons. The van der Waals surface area contributed by atoms with Crippen LogP contribution >= 0.6 is 0 Å². The van der Waals surface area contributed by atoms with Gasteiger partial charge < -0.3 is 9.47 Å². The molecule has 0 fully saturated rings. The maximum Gasteiger partial charge on any atom is 0.340 e. The first kappa shape index (κ1) is 28.8. The van der Waals surface area contributed by atoms with E-state index in [9.17, 15) is 10.3 Å². The Bertz CT molecular complexity index is 2620. The van der Waals surface area contributed by atoms with Crippen molar-refractivity contribution in [3.63, 3.8) is 0 Å². The zero-order chi connectivity index (χ0) is 39.7. The molecule has 2 heterocycles. The first-order valence-corrected chi connectivity index (χ1v) is 17.2. The van der Waals surface area contributed by atoms with E-state index in [-0.39, 0.29) is 60.0 Å². The third-order valence-corrected chi connectivity index (χ3v) is 9.20. The van der Waals surface area contributed by atoms with Gasteiger partial charge in [-0.3, -0.25) is 4.57 Å². The number of nitrogens with zero attached hydrogens (tertiary/aromatic N) is 6. The van der Waals surface area contributed by atoms with Gasteiger partial charge in [0.25, 0.3) is 6.01 Å². The Morgan fingerprint density at radius 2 is 1.32 bits per heavy atom. The molecular formula is C44H36N6O3. The molecule has 8 aromatic rings. The number of aromatic nitrogens is 6. The molecule has 0 amide bonds. The van der Waals surface area contributed by atoms with E-state index in [1.165, 1.54) is 7.11 Å². The molecule has 0 bridgehead atoms. The van der Waals surface area contributed by atoms with Crippen LogP contribution in [0.15, 0.2) is 158 Å². The molecule has 0 saturated heterocycles. The number of para-hydroxylation sites is 1. The highest BCUT2D eigenvalue weighted by Crippen LogP contribution is 2.43. The van der Waals surface area contributed by atoms with Gasteiger partial charge in [-0.25, -0.2) is 9.48 Å². The average molecular weight is 701 g/mol. The second kappa shape index (κ2) is 14.4. The predicted octanol–water partition coefficient (Wildman–Crippen LogP) is 8.43. The lowest BCUT2D eigenvalue weighted by atomic mass is 9.77. The summed E-state index contributed by atoms with van der Waals surface area (Å²) in [6, 6.07) is 41.3. The summed E-state index contributed by atoms with van der Waals surface area (Å²) < 4.78 is 51.7. The number of hydrogen-bond donors (Lipinski definition) is 0. The van der Waals surface area contributed by atoms with Crippen LogP contribution in [0.1, 0.15) is 45.0 Å². The van der Waals surface area contributed by atoms with Gasteiger partial charge in [0.1, 0.15) is 5.54 Å². The SMILES string of the molecule is [2H]c1c([2H])c(-c2ccccc2-c2nnnn2C(c2ccccc2)(c2ccccc2)c2ccccc2)c([2H])c([2H])c1Cn1c(OCC)nc2cccc(C(=O)OC)c21. The minimum atomic E-state index is -1.07. The number of carbonyl (C=O) groups excluding carboxylic acids is 1. The lowest BCUT2D eigenvalue weighted by Crippen LogP contribution is -2.39. The second-order valence-corrected chi connectivity index (χ2v) is 12.2. The largest absolute Gasteiger partial charge is 0.465 e. The molecule has 9 nitrogen and oxygen atoms in total. The van der Waals surface area contributed by atoms with Crippen molar-refractivity contribution in [2.45, 2.75) is 19.0 Å². The molecule has 0 aliphatic rings. The summed E-state index contributed by atoms with van der Waals surface area (Å²) in [5, 5.41) is 13.5. The smallest absolute Gasteiger partial charge is 0.340 e. The molecule has 0 aliphatic carbocycles. The number of methoxy groups -OCH3 is 1. The monoisotopic (exact) mass is 700 g/mol. The van der Waals surface area contributed by atoms with Gasteiger partial charge in [0, 0.05) is 5.56 Å². The number of benzene rings is 6. The van der Waals surface area contributed by atoms with E-state index in [4.69, 9.17) is 9.47 Å². The number of ether oxygens (including phenoxy) is 2. The molecule has 9 heteroatoms. The molecule has 6 aromatic carbocycles. The zero-order valence-corrected chi connectivity index (χ0v) is 29.0. The van der Waals surface area contributed by atoms with Gasteiger partial charge in [-0.05, 0) is 62.9 Å². The molecule has 0 spiro atoms. The Labute approximate surface area is 312 Å². The van der Waals surface area contributed by atoms with Gasteiger partial charge in [-0.15, -0.1) is 5.10 Å². The Balaban J connectivity index is 1.33. The molecule has 0 atom stereocenters. The fourth-order valence-corrected chi connectivity index (χ4v) is 6.92. The maximum absolute atomic E-state index is 12.8. The van der Waals surface area contributed by atoms with Gasteiger partial charge in [0.15, 0.2) is 5.82 Å². The first-order chi connectivity index (χ1) is 27.8. The molecule has 0 N–H and O–H groups in total. The molecule has 0 aliphatic heterocycles. The highest BCUT2D eigenvalue weighted by atomic mass is 16.5. The number of imidazole rings is 1. The zero-order valence-electron chi connectivity index (χ0n) is 33.0. The third-order valence-electron chi connectivity index (χ3n) is 9.20. The minimum absolute atomic E-state index is 0.0828. The van der Waals surface area contributed by atoms with E-state index in [2.05, 4.69) is 20.5 Å². The van der Waals surface area contributed by atoms with Crippen LogP contribution in [0.3, 0.4) is 0 Å². The summed E-state index contributed by atoms with van der Waals surface area (Å²) in [5.41, 5.74) is 3.80. The van der Waals surface area contributed by atoms with Crippen LogP contribution in [0.25, 0.3) is 33.5 Å². The lowest BCUT2D eigenvalue weighted by Gasteiger charge is -2.36. The first-order valence-electron chi connectivity index (χ1n) is 19.2. The van der Waals surface area contributed by atoms with Crippen molar-refractivity contribution >= 4 is 17.0 Å². The number of rotatable bonds is 11. The van der Waals surface area contributed by atoms with Crippen molar-refractivity contribution in [3.8, 4) is 28.5 Å². The summed E-state index contributed by atoms with van der Waals surface area (Å²) in [7, 11) is 1.29. The van der Waals surface area contributed by atoms with Crippen LogP contribution in [0, 0.1) is 0 Å². The fraction of sp³-hybridized carbons (Fsp3) is 0.114. The van der Waals surface area contributed by atoms with Crippen LogP contribution < -0.4 is 4.74 Å². The molecule has 8 rings (SSSR count).